The summed E-state index contributed by atoms with van der Waals surface area (Å²) in [6.45, 7) is 9.25. The first-order valence-electron chi connectivity index (χ1n) is 22.6. The Morgan fingerprint density at radius 2 is 1.42 bits per heavy atom. The highest BCUT2D eigenvalue weighted by Gasteiger charge is 2.49. The maximum Gasteiger partial charge on any atom is 0.368 e. The number of aliphatic hydroxyl groups is 3. The number of terminal acetylenes is 2. The molecular formula is C51H67NO13. The number of hydrogen-bond donors (Lipinski definition) is 3. The van der Waals surface area contributed by atoms with E-state index in [4.69, 9.17) is 46.0 Å². The molecule has 2 aromatic rings. The number of ether oxygens (including phenoxy) is 7. The first-order valence-corrected chi connectivity index (χ1v) is 22.6. The van der Waals surface area contributed by atoms with Crippen molar-refractivity contribution < 1.29 is 62.9 Å². The van der Waals surface area contributed by atoms with Gasteiger partial charge >= 0.3 is 17.9 Å². The van der Waals surface area contributed by atoms with Crippen LogP contribution in [-0.4, -0.2) is 94.5 Å². The van der Waals surface area contributed by atoms with Gasteiger partial charge in [-0.2, -0.15) is 0 Å². The van der Waals surface area contributed by atoms with E-state index in [-0.39, 0.29) is 85.2 Å². The smallest absolute Gasteiger partial charge is 0.368 e. The number of unbranched alkanes of at least 4 members (excludes halogenated alkanes) is 1. The SMILES string of the molecule is C#CCC1(C(=O)OCc2cnc(C)c(OC(=O)CCC/C=C\C[C@@H]3[C@@H](CC[C@@H](O)CCc4ccccc4)[C@H](O)C[C@@H]3O)c2COC(=O)C2(CC#C)OCC(C)(C)CO2)OCC(C)(C)CO1. The molecular weight excluding hydrogens is 835 g/mol. The number of esters is 3. The van der Waals surface area contributed by atoms with Gasteiger partial charge in [-0.3, -0.25) is 9.78 Å². The standard InChI is InChI=1S/C51H67NO13/c1-8-25-50(61-31-48(4,5)32-62-50)46(57)59-29-37-28-52-35(3)45(41(37)30-60-47(58)51(26-9-2)63-33-49(6,7)34-64-51)65-44(56)20-16-11-10-15-19-39-40(43(55)27-42(39)54)24-23-38(53)22-21-36-17-13-12-14-18-36/h1-2,10,12-15,17-18,28,38-40,42-43,53-55H,11,16,19-27,29-34H2,3-7H3/b15-10-/t38-,39+,40+,42-,43+/m0/s1. The molecule has 3 aliphatic rings. The number of aromatic nitrogens is 1. The Kier molecular flexibility index (Phi) is 18.3. The summed E-state index contributed by atoms with van der Waals surface area (Å²) in [5, 5.41) is 32.2. The number of aryl methyl sites for hydroxylation is 2. The third kappa shape index (κ3) is 14.2. The fourth-order valence-electron chi connectivity index (χ4n) is 8.18. The lowest BCUT2D eigenvalue weighted by Gasteiger charge is -2.40. The van der Waals surface area contributed by atoms with E-state index >= 15 is 0 Å². The van der Waals surface area contributed by atoms with Crippen LogP contribution in [0.5, 0.6) is 5.75 Å². The average Bonchev–Trinajstić information content (AvgIpc) is 3.55. The summed E-state index contributed by atoms with van der Waals surface area (Å²) in [4.78, 5) is 45.1. The van der Waals surface area contributed by atoms with E-state index < -0.39 is 61.0 Å². The van der Waals surface area contributed by atoms with E-state index in [9.17, 15) is 29.7 Å². The Morgan fingerprint density at radius 3 is 2.00 bits per heavy atom. The van der Waals surface area contributed by atoms with Gasteiger partial charge in [0.2, 0.25) is 0 Å². The molecule has 3 fully saturated rings. The molecule has 3 N–H and O–H groups in total. The molecule has 1 aliphatic carbocycles. The molecule has 0 radical (unpaired) electrons. The highest BCUT2D eigenvalue weighted by atomic mass is 16.7. The number of carbonyl (C=O) groups excluding carboxylic acids is 3. The molecule has 3 heterocycles. The van der Waals surface area contributed by atoms with Crippen LogP contribution in [0.15, 0.2) is 48.7 Å². The molecule has 14 heteroatoms. The highest BCUT2D eigenvalue weighted by molar-refractivity contribution is 5.79. The lowest BCUT2D eigenvalue weighted by atomic mass is 9.85. The summed E-state index contributed by atoms with van der Waals surface area (Å²) in [5.74, 6) is -1.38. The van der Waals surface area contributed by atoms with Gasteiger partial charge in [0.05, 0.1) is 63.3 Å². The molecule has 1 aromatic carbocycles. The fourth-order valence-corrected chi connectivity index (χ4v) is 8.18. The van der Waals surface area contributed by atoms with E-state index in [0.717, 1.165) is 6.42 Å². The summed E-state index contributed by atoms with van der Waals surface area (Å²) in [6, 6.07) is 10.0. The fraction of sp³-hybridized carbons (Fsp3) is 0.608. The molecule has 1 aromatic heterocycles. The van der Waals surface area contributed by atoms with Gasteiger partial charge in [0, 0.05) is 34.6 Å². The molecule has 354 valence electrons. The number of benzene rings is 1. The van der Waals surface area contributed by atoms with Crippen LogP contribution < -0.4 is 4.74 Å². The molecule has 65 heavy (non-hydrogen) atoms. The second-order valence-corrected chi connectivity index (χ2v) is 19.1. The van der Waals surface area contributed by atoms with E-state index in [1.165, 1.54) is 11.8 Å². The van der Waals surface area contributed by atoms with E-state index in [1.54, 1.807) is 6.92 Å². The van der Waals surface area contributed by atoms with Gasteiger partial charge < -0.3 is 48.5 Å². The van der Waals surface area contributed by atoms with E-state index in [2.05, 4.69) is 16.8 Å². The number of pyridine rings is 1. The maximum atomic E-state index is 13.7. The summed E-state index contributed by atoms with van der Waals surface area (Å²) < 4.78 is 40.9. The van der Waals surface area contributed by atoms with Crippen molar-refractivity contribution in [3.63, 3.8) is 0 Å². The van der Waals surface area contributed by atoms with Crippen LogP contribution in [0.3, 0.4) is 0 Å². The first-order chi connectivity index (χ1) is 30.9. The van der Waals surface area contributed by atoms with Gasteiger partial charge in [-0.15, -0.1) is 24.7 Å². The molecule has 2 saturated heterocycles. The van der Waals surface area contributed by atoms with Crippen molar-refractivity contribution in [2.75, 3.05) is 26.4 Å². The van der Waals surface area contributed by atoms with Crippen LogP contribution in [0.1, 0.15) is 114 Å². The molecule has 0 bridgehead atoms. The van der Waals surface area contributed by atoms with E-state index in [1.807, 2.05) is 70.2 Å². The Balaban J connectivity index is 1.21. The molecule has 0 spiro atoms. The minimum absolute atomic E-state index is 0.0267. The monoisotopic (exact) mass is 901 g/mol. The maximum absolute atomic E-state index is 13.7. The van der Waals surface area contributed by atoms with Gasteiger partial charge in [0.1, 0.15) is 13.2 Å². The van der Waals surface area contributed by atoms with Gasteiger partial charge in [0.25, 0.3) is 11.6 Å². The molecule has 14 nitrogen and oxygen atoms in total. The molecule has 0 unspecified atom stereocenters. The van der Waals surface area contributed by atoms with Gasteiger partial charge in [-0.25, -0.2) is 9.59 Å². The number of carbonyl (C=O) groups is 3. The van der Waals surface area contributed by atoms with Crippen LogP contribution in [0.4, 0.5) is 0 Å². The first kappa shape index (κ1) is 51.3. The minimum Gasteiger partial charge on any atom is -0.457 e. The topological polar surface area (TPSA) is 189 Å². The molecule has 0 amide bonds. The second kappa shape index (κ2) is 23.2. The summed E-state index contributed by atoms with van der Waals surface area (Å²) in [7, 11) is 0. The largest absolute Gasteiger partial charge is 0.457 e. The number of nitrogens with zero attached hydrogens (tertiary/aromatic N) is 1. The Morgan fingerprint density at radius 1 is 0.846 bits per heavy atom. The summed E-state index contributed by atoms with van der Waals surface area (Å²) in [6.07, 6.45) is 18.8. The number of rotatable bonds is 21. The minimum atomic E-state index is -1.85. The predicted octanol–water partition coefficient (Wildman–Crippen LogP) is 6.22. The van der Waals surface area contributed by atoms with Crippen molar-refractivity contribution in [1.29, 1.82) is 0 Å². The van der Waals surface area contributed by atoms with Crippen LogP contribution >= 0.6 is 0 Å². The third-order valence-electron chi connectivity index (χ3n) is 12.2. The van der Waals surface area contributed by atoms with Gasteiger partial charge in [0.15, 0.2) is 5.75 Å². The normalized spacial score (nSPS) is 23.5. The zero-order valence-corrected chi connectivity index (χ0v) is 38.6. The van der Waals surface area contributed by atoms with Gasteiger partial charge in [-0.05, 0) is 75.7 Å². The number of hydrogen-bond acceptors (Lipinski definition) is 14. The highest BCUT2D eigenvalue weighted by Crippen LogP contribution is 2.39. The predicted molar refractivity (Wildman–Crippen MR) is 239 cm³/mol. The average molecular weight is 902 g/mol. The van der Waals surface area contributed by atoms with Crippen molar-refractivity contribution in [1.82, 2.24) is 4.98 Å². The molecule has 5 rings (SSSR count). The van der Waals surface area contributed by atoms with Crippen LogP contribution in [-0.2, 0) is 62.4 Å². The van der Waals surface area contributed by atoms with Crippen LogP contribution in [0.2, 0.25) is 0 Å². The lowest BCUT2D eigenvalue weighted by molar-refractivity contribution is -0.293. The zero-order chi connectivity index (χ0) is 47.3. The summed E-state index contributed by atoms with van der Waals surface area (Å²) in [5.41, 5.74) is 1.24. The molecule has 2 aliphatic heterocycles. The Labute approximate surface area is 383 Å². The van der Waals surface area contributed by atoms with Crippen molar-refractivity contribution in [3.8, 4) is 30.4 Å². The van der Waals surface area contributed by atoms with Crippen molar-refractivity contribution in [2.24, 2.45) is 22.7 Å². The zero-order valence-electron chi connectivity index (χ0n) is 38.6. The number of aliphatic hydroxyl groups excluding tert-OH is 3. The van der Waals surface area contributed by atoms with Gasteiger partial charge in [-0.1, -0.05) is 70.2 Å². The lowest BCUT2D eigenvalue weighted by Crippen LogP contribution is -2.53. The van der Waals surface area contributed by atoms with Crippen molar-refractivity contribution in [3.05, 3.63) is 71.1 Å². The quantitative estimate of drug-likeness (QED) is 0.0555. The third-order valence-corrected chi connectivity index (χ3v) is 12.2. The molecule has 5 atom stereocenters. The van der Waals surface area contributed by atoms with Crippen molar-refractivity contribution in [2.45, 2.75) is 148 Å². The molecule has 1 saturated carbocycles. The Hall–Kier alpha value is -4.64. The van der Waals surface area contributed by atoms with Crippen LogP contribution in [0, 0.1) is 54.3 Å². The Bertz CT molecular complexity index is 2010. The second-order valence-electron chi connectivity index (χ2n) is 19.1. The van der Waals surface area contributed by atoms with E-state index in [0.29, 0.717) is 50.6 Å². The number of allylic oxidation sites excluding steroid dienone is 2. The van der Waals surface area contributed by atoms with Crippen LogP contribution in [0.25, 0.3) is 0 Å². The summed E-state index contributed by atoms with van der Waals surface area (Å²) >= 11 is 0. The van der Waals surface area contributed by atoms with Crippen molar-refractivity contribution >= 4 is 17.9 Å².